The lowest BCUT2D eigenvalue weighted by Gasteiger charge is -2.20. The lowest BCUT2D eigenvalue weighted by Crippen LogP contribution is -2.24. The van der Waals surface area contributed by atoms with Gasteiger partial charge >= 0.3 is 0 Å². The Labute approximate surface area is 136 Å². The molecule has 0 spiro atoms. The number of benzene rings is 1. The standard InChI is InChI=1S/C15H16BrClFNS/c1-3-7-19-14(15-10(16)8-9(2)20-15)13-11(17)5-4-6-12(13)18/h4-6,8,14,19H,3,7H2,1-2H3. The summed E-state index contributed by atoms with van der Waals surface area (Å²) in [6.07, 6.45) is 0.977. The topological polar surface area (TPSA) is 12.0 Å². The number of nitrogens with one attached hydrogen (secondary N) is 1. The highest BCUT2D eigenvalue weighted by Crippen LogP contribution is 2.38. The van der Waals surface area contributed by atoms with E-state index in [0.717, 1.165) is 22.3 Å². The van der Waals surface area contributed by atoms with Gasteiger partial charge in [0.25, 0.3) is 0 Å². The first-order chi connectivity index (χ1) is 9.54. The Morgan fingerprint density at radius 1 is 1.45 bits per heavy atom. The van der Waals surface area contributed by atoms with Crippen LogP contribution in [-0.2, 0) is 0 Å². The minimum Gasteiger partial charge on any atom is -0.305 e. The molecular formula is C15H16BrClFNS. The van der Waals surface area contributed by atoms with Crippen molar-refractivity contribution in [1.82, 2.24) is 5.32 Å². The molecule has 0 amide bonds. The largest absolute Gasteiger partial charge is 0.305 e. The fraction of sp³-hybridized carbons (Fsp3) is 0.333. The van der Waals surface area contributed by atoms with Crippen LogP contribution in [0.5, 0.6) is 0 Å². The Morgan fingerprint density at radius 2 is 2.20 bits per heavy atom. The molecule has 2 aromatic rings. The van der Waals surface area contributed by atoms with E-state index in [9.17, 15) is 4.39 Å². The van der Waals surface area contributed by atoms with E-state index >= 15 is 0 Å². The zero-order valence-electron chi connectivity index (χ0n) is 11.3. The van der Waals surface area contributed by atoms with Crippen molar-refractivity contribution in [2.75, 3.05) is 6.54 Å². The number of thiophene rings is 1. The van der Waals surface area contributed by atoms with Crippen LogP contribution in [0.4, 0.5) is 4.39 Å². The van der Waals surface area contributed by atoms with Crippen LogP contribution >= 0.6 is 38.9 Å². The van der Waals surface area contributed by atoms with Crippen LogP contribution in [0, 0.1) is 12.7 Å². The lowest BCUT2D eigenvalue weighted by molar-refractivity contribution is 0.550. The Balaban J connectivity index is 2.50. The summed E-state index contributed by atoms with van der Waals surface area (Å²) in [5.74, 6) is -0.274. The monoisotopic (exact) mass is 375 g/mol. The highest BCUT2D eigenvalue weighted by atomic mass is 79.9. The van der Waals surface area contributed by atoms with Crippen LogP contribution in [-0.4, -0.2) is 6.54 Å². The van der Waals surface area contributed by atoms with Gasteiger partial charge in [0, 0.05) is 24.8 Å². The lowest BCUT2D eigenvalue weighted by atomic mass is 10.0. The molecule has 1 N–H and O–H groups in total. The second-order valence-electron chi connectivity index (χ2n) is 4.59. The number of rotatable bonds is 5. The van der Waals surface area contributed by atoms with E-state index in [1.54, 1.807) is 23.5 Å². The van der Waals surface area contributed by atoms with Crippen molar-refractivity contribution in [2.45, 2.75) is 26.3 Å². The van der Waals surface area contributed by atoms with E-state index in [1.807, 2.05) is 6.92 Å². The van der Waals surface area contributed by atoms with Gasteiger partial charge in [0.2, 0.25) is 0 Å². The molecule has 5 heteroatoms. The van der Waals surface area contributed by atoms with Gasteiger partial charge in [-0.2, -0.15) is 0 Å². The molecule has 2 rings (SSSR count). The predicted octanol–water partition coefficient (Wildman–Crippen LogP) is 5.70. The van der Waals surface area contributed by atoms with Crippen LogP contribution < -0.4 is 5.32 Å². The van der Waals surface area contributed by atoms with Crippen LogP contribution in [0.2, 0.25) is 5.02 Å². The first kappa shape index (κ1) is 16.0. The molecule has 1 aromatic carbocycles. The smallest absolute Gasteiger partial charge is 0.129 e. The minimum atomic E-state index is -0.274. The molecule has 108 valence electrons. The van der Waals surface area contributed by atoms with Gasteiger partial charge in [0.05, 0.1) is 6.04 Å². The molecule has 1 nitrogen and oxygen atoms in total. The van der Waals surface area contributed by atoms with Gasteiger partial charge in [0.1, 0.15) is 5.82 Å². The number of halogens is 3. The van der Waals surface area contributed by atoms with Crippen molar-refractivity contribution in [3.63, 3.8) is 0 Å². The van der Waals surface area contributed by atoms with Crippen LogP contribution in [0.15, 0.2) is 28.7 Å². The Kier molecular flexibility index (Phi) is 5.61. The summed E-state index contributed by atoms with van der Waals surface area (Å²) in [4.78, 5) is 2.24. The summed E-state index contributed by atoms with van der Waals surface area (Å²) in [7, 11) is 0. The molecule has 1 unspecified atom stereocenters. The van der Waals surface area contributed by atoms with Crippen molar-refractivity contribution >= 4 is 38.9 Å². The van der Waals surface area contributed by atoms with E-state index in [-0.39, 0.29) is 11.9 Å². The Morgan fingerprint density at radius 3 is 2.75 bits per heavy atom. The Hall–Kier alpha value is -0.420. The second kappa shape index (κ2) is 7.03. The SMILES string of the molecule is CCCNC(c1sc(C)cc1Br)c1c(F)cccc1Cl. The minimum absolute atomic E-state index is 0.225. The first-order valence-electron chi connectivity index (χ1n) is 6.47. The molecule has 0 saturated heterocycles. The molecule has 20 heavy (non-hydrogen) atoms. The molecular weight excluding hydrogens is 361 g/mol. The van der Waals surface area contributed by atoms with E-state index < -0.39 is 0 Å². The van der Waals surface area contributed by atoms with Gasteiger partial charge in [-0.25, -0.2) is 4.39 Å². The normalized spacial score (nSPS) is 12.7. The number of hydrogen-bond donors (Lipinski definition) is 1. The fourth-order valence-electron chi connectivity index (χ4n) is 2.10. The average Bonchev–Trinajstić information content (AvgIpc) is 2.72. The zero-order valence-corrected chi connectivity index (χ0v) is 14.5. The summed E-state index contributed by atoms with van der Waals surface area (Å²) < 4.78 is 15.2. The second-order valence-corrected chi connectivity index (χ2v) is 7.14. The third kappa shape index (κ3) is 3.42. The number of aryl methyl sites for hydroxylation is 1. The summed E-state index contributed by atoms with van der Waals surface area (Å²) in [6.45, 7) is 4.93. The molecule has 0 aliphatic carbocycles. The molecule has 0 aliphatic rings. The predicted molar refractivity (Wildman–Crippen MR) is 88.3 cm³/mol. The summed E-state index contributed by atoms with van der Waals surface area (Å²) in [5.41, 5.74) is 0.519. The van der Waals surface area contributed by atoms with Crippen molar-refractivity contribution in [1.29, 1.82) is 0 Å². The molecule has 0 radical (unpaired) electrons. The van der Waals surface area contributed by atoms with Gasteiger partial charge in [-0.3, -0.25) is 0 Å². The van der Waals surface area contributed by atoms with Gasteiger partial charge in [0.15, 0.2) is 0 Å². The maximum atomic E-state index is 14.2. The summed E-state index contributed by atoms with van der Waals surface area (Å²) in [5, 5.41) is 3.85. The molecule has 0 bridgehead atoms. The third-order valence-electron chi connectivity index (χ3n) is 2.99. The van der Waals surface area contributed by atoms with Gasteiger partial charge in [-0.15, -0.1) is 11.3 Å². The van der Waals surface area contributed by atoms with Crippen molar-refractivity contribution in [3.8, 4) is 0 Å². The Bertz CT molecular complexity index is 579. The maximum Gasteiger partial charge on any atom is 0.129 e. The van der Waals surface area contributed by atoms with E-state index in [0.29, 0.717) is 10.6 Å². The fourth-order valence-corrected chi connectivity index (χ4v) is 4.34. The third-order valence-corrected chi connectivity index (χ3v) is 5.35. The van der Waals surface area contributed by atoms with E-state index in [4.69, 9.17) is 11.6 Å². The van der Waals surface area contributed by atoms with Gasteiger partial charge < -0.3 is 5.32 Å². The van der Waals surface area contributed by atoms with Crippen molar-refractivity contribution < 1.29 is 4.39 Å². The van der Waals surface area contributed by atoms with E-state index in [1.165, 1.54) is 10.9 Å². The van der Waals surface area contributed by atoms with Crippen LogP contribution in [0.1, 0.15) is 34.7 Å². The maximum absolute atomic E-state index is 14.2. The first-order valence-corrected chi connectivity index (χ1v) is 8.46. The summed E-state index contributed by atoms with van der Waals surface area (Å²) in [6, 6.07) is 6.64. The quantitative estimate of drug-likeness (QED) is 0.705. The van der Waals surface area contributed by atoms with Crippen LogP contribution in [0.25, 0.3) is 0 Å². The molecule has 0 fully saturated rings. The number of hydrogen-bond acceptors (Lipinski definition) is 2. The molecule has 0 saturated carbocycles. The van der Waals surface area contributed by atoms with E-state index in [2.05, 4.69) is 34.2 Å². The van der Waals surface area contributed by atoms with Crippen molar-refractivity contribution in [2.24, 2.45) is 0 Å². The molecule has 1 aromatic heterocycles. The zero-order chi connectivity index (χ0) is 14.7. The molecule has 0 aliphatic heterocycles. The van der Waals surface area contributed by atoms with Crippen LogP contribution in [0.3, 0.4) is 0 Å². The van der Waals surface area contributed by atoms with Crippen molar-refractivity contribution in [3.05, 3.63) is 54.9 Å². The highest BCUT2D eigenvalue weighted by Gasteiger charge is 2.24. The van der Waals surface area contributed by atoms with Gasteiger partial charge in [-0.05, 0) is 54.0 Å². The van der Waals surface area contributed by atoms with Gasteiger partial charge in [-0.1, -0.05) is 24.6 Å². The molecule has 1 atom stereocenters. The molecule has 1 heterocycles. The average molecular weight is 377 g/mol. The highest BCUT2D eigenvalue weighted by molar-refractivity contribution is 9.10. The summed E-state index contributed by atoms with van der Waals surface area (Å²) >= 11 is 11.4.